The summed E-state index contributed by atoms with van der Waals surface area (Å²) >= 11 is 0. The Kier molecular flexibility index (Phi) is 2.74. The zero-order valence-electron chi connectivity index (χ0n) is 6.92. The molecule has 0 saturated carbocycles. The fourth-order valence-electron chi connectivity index (χ4n) is 0.633. The fourth-order valence-corrected chi connectivity index (χ4v) is 0.633. The molecule has 1 rings (SSSR count). The van der Waals surface area contributed by atoms with Crippen molar-refractivity contribution in [1.82, 2.24) is 10.1 Å². The lowest BCUT2D eigenvalue weighted by Crippen LogP contribution is -2.24. The van der Waals surface area contributed by atoms with Crippen molar-refractivity contribution in [2.45, 2.75) is 25.4 Å². The molecule has 0 aliphatic carbocycles. The minimum atomic E-state index is -4.49. The van der Waals surface area contributed by atoms with Gasteiger partial charge >= 0.3 is 18.2 Å². The number of aliphatic hydroxyl groups excluding tert-OH is 1. The zero-order valence-corrected chi connectivity index (χ0v) is 6.92. The fraction of sp³-hybridized carbons (Fsp3) is 0.667. The summed E-state index contributed by atoms with van der Waals surface area (Å²) in [5, 5.41) is 11.7. The molecule has 0 radical (unpaired) electrons. The molecule has 0 amide bonds. The molecular weight excluding hydrogens is 208 g/mol. The summed E-state index contributed by atoms with van der Waals surface area (Å²) in [6, 6.07) is 0. The Morgan fingerprint density at radius 3 is 2.36 bits per heavy atom. The number of aromatic nitrogens is 2. The van der Waals surface area contributed by atoms with Gasteiger partial charge in [0.05, 0.1) is 0 Å². The summed E-state index contributed by atoms with van der Waals surface area (Å²) in [7, 11) is 0. The van der Waals surface area contributed by atoms with Crippen LogP contribution in [0.2, 0.25) is 0 Å². The summed E-state index contributed by atoms with van der Waals surface area (Å²) in [6.07, 6.45) is -5.18. The topological polar surface area (TPSA) is 59.2 Å². The molecule has 0 aromatic carbocycles. The van der Waals surface area contributed by atoms with Gasteiger partial charge in [-0.3, -0.25) is 0 Å². The van der Waals surface area contributed by atoms with E-state index < -0.39 is 30.2 Å². The molecule has 1 heterocycles. The van der Waals surface area contributed by atoms with Crippen molar-refractivity contribution >= 4 is 0 Å². The lowest BCUT2D eigenvalue weighted by Gasteiger charge is -2.08. The van der Waals surface area contributed by atoms with Crippen LogP contribution in [0.3, 0.4) is 0 Å². The van der Waals surface area contributed by atoms with Crippen LogP contribution in [0.1, 0.15) is 24.7 Å². The van der Waals surface area contributed by atoms with Crippen LogP contribution in [0.5, 0.6) is 0 Å². The highest BCUT2D eigenvalue weighted by molar-refractivity contribution is 4.96. The molecule has 0 bridgehead atoms. The number of halogens is 4. The number of nitrogens with zero attached hydrogens (tertiary/aromatic N) is 2. The van der Waals surface area contributed by atoms with E-state index in [1.54, 1.807) is 0 Å². The standard InChI is InChI=1S/C6H6F4N2O2/c1-2(13)3-11-5(14-12-3)6(9,10)4(7)8/h2,4,13H,1H3. The Hall–Kier alpha value is -1.18. The van der Waals surface area contributed by atoms with E-state index in [0.29, 0.717) is 0 Å². The molecule has 0 aliphatic rings. The summed E-state index contributed by atoms with van der Waals surface area (Å²) in [4.78, 5) is 2.94. The van der Waals surface area contributed by atoms with Gasteiger partial charge in [-0.05, 0) is 6.92 Å². The monoisotopic (exact) mass is 214 g/mol. The molecule has 0 aliphatic heterocycles. The summed E-state index contributed by atoms with van der Waals surface area (Å²) < 4.78 is 52.5. The third kappa shape index (κ3) is 1.84. The van der Waals surface area contributed by atoms with E-state index in [1.807, 2.05) is 0 Å². The molecule has 0 fully saturated rings. The Balaban J connectivity index is 2.97. The number of aliphatic hydroxyl groups is 1. The summed E-state index contributed by atoms with van der Waals surface area (Å²) in [5.74, 6) is -6.44. The Labute approximate surface area is 75.5 Å². The summed E-state index contributed by atoms with van der Waals surface area (Å²) in [5.41, 5.74) is 0. The van der Waals surface area contributed by atoms with E-state index in [1.165, 1.54) is 6.92 Å². The second-order valence-electron chi connectivity index (χ2n) is 2.56. The second kappa shape index (κ2) is 3.52. The summed E-state index contributed by atoms with van der Waals surface area (Å²) in [6.45, 7) is 1.19. The van der Waals surface area contributed by atoms with Crippen LogP contribution >= 0.6 is 0 Å². The van der Waals surface area contributed by atoms with Crippen LogP contribution in [-0.2, 0) is 5.92 Å². The predicted molar refractivity (Wildman–Crippen MR) is 34.8 cm³/mol. The van der Waals surface area contributed by atoms with Gasteiger partial charge in [0.2, 0.25) is 0 Å². The maximum absolute atomic E-state index is 12.5. The van der Waals surface area contributed by atoms with Gasteiger partial charge in [0.25, 0.3) is 0 Å². The first-order valence-electron chi connectivity index (χ1n) is 3.53. The quantitative estimate of drug-likeness (QED) is 0.774. The number of hydrogen-bond acceptors (Lipinski definition) is 4. The molecule has 80 valence electrons. The average Bonchev–Trinajstić information content (AvgIpc) is 2.51. The van der Waals surface area contributed by atoms with Crippen molar-refractivity contribution in [2.24, 2.45) is 0 Å². The molecule has 14 heavy (non-hydrogen) atoms. The molecule has 1 aromatic heterocycles. The molecule has 1 aromatic rings. The number of alkyl halides is 4. The first kappa shape index (κ1) is 10.9. The van der Waals surface area contributed by atoms with E-state index in [2.05, 4.69) is 14.7 Å². The molecule has 1 atom stereocenters. The minimum Gasteiger partial charge on any atom is -0.385 e. The van der Waals surface area contributed by atoms with Crippen LogP contribution in [0.4, 0.5) is 17.6 Å². The van der Waals surface area contributed by atoms with Crippen LogP contribution in [0, 0.1) is 0 Å². The molecule has 4 nitrogen and oxygen atoms in total. The first-order valence-corrected chi connectivity index (χ1v) is 3.53. The van der Waals surface area contributed by atoms with Gasteiger partial charge in [-0.2, -0.15) is 13.8 Å². The largest absolute Gasteiger partial charge is 0.385 e. The lowest BCUT2D eigenvalue weighted by molar-refractivity contribution is -0.152. The molecule has 0 saturated heterocycles. The molecule has 0 spiro atoms. The van der Waals surface area contributed by atoms with Crippen molar-refractivity contribution in [2.75, 3.05) is 0 Å². The zero-order chi connectivity index (χ0) is 10.9. The Morgan fingerprint density at radius 1 is 1.43 bits per heavy atom. The third-order valence-electron chi connectivity index (χ3n) is 1.37. The molecule has 1 unspecified atom stereocenters. The van der Waals surface area contributed by atoms with E-state index in [-0.39, 0.29) is 0 Å². The van der Waals surface area contributed by atoms with Gasteiger partial charge in [-0.15, -0.1) is 0 Å². The van der Waals surface area contributed by atoms with Crippen molar-refractivity contribution in [1.29, 1.82) is 0 Å². The van der Waals surface area contributed by atoms with E-state index >= 15 is 0 Å². The van der Waals surface area contributed by atoms with Gasteiger partial charge in [0.15, 0.2) is 5.82 Å². The van der Waals surface area contributed by atoms with Crippen LogP contribution in [0.15, 0.2) is 4.52 Å². The van der Waals surface area contributed by atoms with E-state index in [0.717, 1.165) is 0 Å². The van der Waals surface area contributed by atoms with Gasteiger partial charge in [0.1, 0.15) is 6.10 Å². The smallest absolute Gasteiger partial charge is 0.383 e. The van der Waals surface area contributed by atoms with Gasteiger partial charge in [-0.25, -0.2) is 8.78 Å². The predicted octanol–water partition coefficient (Wildman–Crippen LogP) is 1.48. The van der Waals surface area contributed by atoms with Crippen LogP contribution in [-0.4, -0.2) is 21.7 Å². The van der Waals surface area contributed by atoms with Crippen LogP contribution < -0.4 is 0 Å². The van der Waals surface area contributed by atoms with Gasteiger partial charge in [0, 0.05) is 0 Å². The van der Waals surface area contributed by atoms with Gasteiger partial charge < -0.3 is 9.63 Å². The normalized spacial score (nSPS) is 14.8. The molecule has 8 heteroatoms. The first-order chi connectivity index (χ1) is 6.35. The van der Waals surface area contributed by atoms with Crippen LogP contribution in [0.25, 0.3) is 0 Å². The SMILES string of the molecule is CC(O)c1noc(C(F)(F)C(F)F)n1. The number of hydrogen-bond donors (Lipinski definition) is 1. The highest BCUT2D eigenvalue weighted by Crippen LogP contribution is 2.33. The van der Waals surface area contributed by atoms with Crippen molar-refractivity contribution in [3.8, 4) is 0 Å². The lowest BCUT2D eigenvalue weighted by atomic mass is 10.3. The Morgan fingerprint density at radius 2 is 2.00 bits per heavy atom. The van der Waals surface area contributed by atoms with E-state index in [9.17, 15) is 17.6 Å². The maximum atomic E-state index is 12.5. The van der Waals surface area contributed by atoms with Crippen molar-refractivity contribution in [3.63, 3.8) is 0 Å². The molecular formula is C6H6F4N2O2. The second-order valence-corrected chi connectivity index (χ2v) is 2.56. The van der Waals surface area contributed by atoms with Crippen molar-refractivity contribution < 1.29 is 27.2 Å². The van der Waals surface area contributed by atoms with E-state index in [4.69, 9.17) is 5.11 Å². The third-order valence-corrected chi connectivity index (χ3v) is 1.37. The highest BCUT2D eigenvalue weighted by Gasteiger charge is 2.48. The van der Waals surface area contributed by atoms with Gasteiger partial charge in [-0.1, -0.05) is 5.16 Å². The Bertz CT molecular complexity index is 313. The number of rotatable bonds is 3. The average molecular weight is 214 g/mol. The highest BCUT2D eigenvalue weighted by atomic mass is 19.3. The van der Waals surface area contributed by atoms with Crippen molar-refractivity contribution in [3.05, 3.63) is 11.7 Å². The molecule has 1 N–H and O–H groups in total. The minimum absolute atomic E-state index is 0.458. The maximum Gasteiger partial charge on any atom is 0.383 e.